The first-order chi connectivity index (χ1) is 11.5. The highest BCUT2D eigenvalue weighted by atomic mass is 32.2. The number of hydrogen-bond donors (Lipinski definition) is 2. The molecule has 2 aromatic carbocycles. The number of carbonyl (C=O) groups excluding carboxylic acids is 1. The normalized spacial score (nSPS) is 16.9. The Labute approximate surface area is 140 Å². The molecule has 0 aromatic heterocycles. The summed E-state index contributed by atoms with van der Waals surface area (Å²) < 4.78 is 32.7. The summed E-state index contributed by atoms with van der Waals surface area (Å²) >= 11 is 0. The van der Waals surface area contributed by atoms with E-state index in [-0.39, 0.29) is 23.8 Å². The van der Waals surface area contributed by atoms with Crippen molar-refractivity contribution in [3.05, 3.63) is 54.1 Å². The van der Waals surface area contributed by atoms with Gasteiger partial charge in [0.15, 0.2) is 6.10 Å². The Morgan fingerprint density at radius 1 is 1.17 bits per heavy atom. The fraction of sp³-hybridized carbons (Fsp3) is 0.235. The number of sulfonamides is 1. The lowest BCUT2D eigenvalue weighted by Crippen LogP contribution is -2.39. The van der Waals surface area contributed by atoms with Crippen LogP contribution in [0.25, 0.3) is 0 Å². The summed E-state index contributed by atoms with van der Waals surface area (Å²) in [6.07, 6.45) is -0.481. The van der Waals surface area contributed by atoms with Gasteiger partial charge in [-0.25, -0.2) is 13.1 Å². The van der Waals surface area contributed by atoms with Crippen LogP contribution in [-0.4, -0.2) is 27.0 Å². The molecule has 6 nitrogen and oxygen atoms in total. The molecule has 0 aliphatic carbocycles. The highest BCUT2D eigenvalue weighted by Gasteiger charge is 2.27. The lowest BCUT2D eigenvalue weighted by Gasteiger charge is -2.25. The van der Waals surface area contributed by atoms with Crippen LogP contribution in [0.3, 0.4) is 0 Å². The number of aryl methyl sites for hydroxylation is 1. The van der Waals surface area contributed by atoms with E-state index in [2.05, 4.69) is 10.0 Å². The molecule has 0 radical (unpaired) electrons. The summed E-state index contributed by atoms with van der Waals surface area (Å²) in [7, 11) is -3.60. The Morgan fingerprint density at radius 2 is 1.96 bits per heavy atom. The molecule has 0 saturated carbocycles. The maximum Gasteiger partial charge on any atom is 0.265 e. The zero-order valence-corrected chi connectivity index (χ0v) is 14.0. The molecule has 2 N–H and O–H groups in total. The third kappa shape index (κ3) is 3.58. The van der Waals surface area contributed by atoms with Gasteiger partial charge < -0.3 is 10.1 Å². The predicted octanol–water partition coefficient (Wildman–Crippen LogP) is 2.06. The average molecular weight is 346 g/mol. The molecule has 0 bridgehead atoms. The second-order valence-electron chi connectivity index (χ2n) is 5.59. The minimum atomic E-state index is -3.60. The SMILES string of the molecule is Cc1cccc(S(=O)(=O)NCCC2Oc3ccccc3NC2=O)c1. The molecule has 1 aliphatic heterocycles. The minimum Gasteiger partial charge on any atom is -0.478 e. The molecule has 24 heavy (non-hydrogen) atoms. The summed E-state index contributed by atoms with van der Waals surface area (Å²) in [5.74, 6) is 0.312. The van der Waals surface area contributed by atoms with Gasteiger partial charge in [-0.1, -0.05) is 24.3 Å². The van der Waals surface area contributed by atoms with Gasteiger partial charge >= 0.3 is 0 Å². The quantitative estimate of drug-likeness (QED) is 0.868. The van der Waals surface area contributed by atoms with Crippen LogP contribution < -0.4 is 14.8 Å². The lowest BCUT2D eigenvalue weighted by atomic mass is 10.2. The van der Waals surface area contributed by atoms with Crippen LogP contribution >= 0.6 is 0 Å². The monoisotopic (exact) mass is 346 g/mol. The molecule has 2 aromatic rings. The van der Waals surface area contributed by atoms with E-state index in [1.807, 2.05) is 19.1 Å². The molecule has 126 valence electrons. The molecule has 1 unspecified atom stereocenters. The first-order valence-electron chi connectivity index (χ1n) is 7.58. The van der Waals surface area contributed by atoms with Gasteiger partial charge in [-0.05, 0) is 36.8 Å². The van der Waals surface area contributed by atoms with Gasteiger partial charge in [-0.15, -0.1) is 0 Å². The van der Waals surface area contributed by atoms with E-state index in [1.165, 1.54) is 6.07 Å². The standard InChI is InChI=1S/C17H18N2O4S/c1-12-5-4-6-13(11-12)24(21,22)18-10-9-16-17(20)19-14-7-2-3-8-15(14)23-16/h2-8,11,16,18H,9-10H2,1H3,(H,19,20). The Hall–Kier alpha value is -2.38. The van der Waals surface area contributed by atoms with Crippen LogP contribution in [0.15, 0.2) is 53.4 Å². The second kappa shape index (κ2) is 6.62. The van der Waals surface area contributed by atoms with Crippen molar-refractivity contribution < 1.29 is 17.9 Å². The molecule has 1 aliphatic rings. The molecule has 1 atom stereocenters. The highest BCUT2D eigenvalue weighted by molar-refractivity contribution is 7.89. The minimum absolute atomic E-state index is 0.108. The summed E-state index contributed by atoms with van der Waals surface area (Å²) in [5, 5.41) is 2.76. The van der Waals surface area contributed by atoms with Gasteiger partial charge in [0.2, 0.25) is 10.0 Å². The molecular formula is C17H18N2O4S. The number of ether oxygens (including phenoxy) is 1. The van der Waals surface area contributed by atoms with E-state index in [9.17, 15) is 13.2 Å². The number of hydrogen-bond acceptors (Lipinski definition) is 4. The number of nitrogens with one attached hydrogen (secondary N) is 2. The van der Waals surface area contributed by atoms with Crippen LogP contribution in [0, 0.1) is 6.92 Å². The van der Waals surface area contributed by atoms with E-state index < -0.39 is 16.1 Å². The largest absolute Gasteiger partial charge is 0.478 e. The molecule has 0 fully saturated rings. The second-order valence-corrected chi connectivity index (χ2v) is 7.36. The molecular weight excluding hydrogens is 328 g/mol. The van der Waals surface area contributed by atoms with Crippen LogP contribution in [-0.2, 0) is 14.8 Å². The number of benzene rings is 2. The van der Waals surface area contributed by atoms with E-state index in [0.717, 1.165) is 5.56 Å². The first-order valence-corrected chi connectivity index (χ1v) is 9.07. The fourth-order valence-electron chi connectivity index (χ4n) is 2.47. The topological polar surface area (TPSA) is 84.5 Å². The smallest absolute Gasteiger partial charge is 0.265 e. The maximum absolute atomic E-state index is 12.3. The van der Waals surface area contributed by atoms with Crippen molar-refractivity contribution >= 4 is 21.6 Å². The molecule has 3 rings (SSSR count). The molecule has 0 spiro atoms. The number of para-hydroxylation sites is 2. The van der Waals surface area contributed by atoms with Gasteiger partial charge in [0.05, 0.1) is 10.6 Å². The number of amides is 1. The molecule has 7 heteroatoms. The molecule has 1 heterocycles. The molecule has 1 amide bonds. The van der Waals surface area contributed by atoms with Crippen molar-refractivity contribution in [2.75, 3.05) is 11.9 Å². The van der Waals surface area contributed by atoms with Crippen molar-refractivity contribution in [2.24, 2.45) is 0 Å². The van der Waals surface area contributed by atoms with E-state index in [4.69, 9.17) is 4.74 Å². The Balaban J connectivity index is 1.61. The third-order valence-corrected chi connectivity index (χ3v) is 5.16. The van der Waals surface area contributed by atoms with Crippen LogP contribution in [0.5, 0.6) is 5.75 Å². The molecule has 0 saturated heterocycles. The summed E-state index contributed by atoms with van der Waals surface area (Å²) in [6, 6.07) is 13.8. The summed E-state index contributed by atoms with van der Waals surface area (Å²) in [4.78, 5) is 12.2. The highest BCUT2D eigenvalue weighted by Crippen LogP contribution is 2.29. The van der Waals surface area contributed by atoms with E-state index in [0.29, 0.717) is 11.4 Å². The Kier molecular flexibility index (Phi) is 4.55. The summed E-state index contributed by atoms with van der Waals surface area (Å²) in [5.41, 5.74) is 1.49. The fourth-order valence-corrected chi connectivity index (χ4v) is 3.62. The number of carbonyl (C=O) groups is 1. The van der Waals surface area contributed by atoms with Gasteiger partial charge in [0.1, 0.15) is 5.75 Å². The van der Waals surface area contributed by atoms with Crippen molar-refractivity contribution in [3.63, 3.8) is 0 Å². The Morgan fingerprint density at radius 3 is 2.75 bits per heavy atom. The maximum atomic E-state index is 12.3. The van der Waals surface area contributed by atoms with Crippen molar-refractivity contribution in [1.82, 2.24) is 4.72 Å². The van der Waals surface area contributed by atoms with Crippen molar-refractivity contribution in [2.45, 2.75) is 24.3 Å². The third-order valence-electron chi connectivity index (χ3n) is 3.71. The lowest BCUT2D eigenvalue weighted by molar-refractivity contribution is -0.123. The van der Waals surface area contributed by atoms with Crippen LogP contribution in [0.4, 0.5) is 5.69 Å². The van der Waals surface area contributed by atoms with Crippen LogP contribution in [0.2, 0.25) is 0 Å². The average Bonchev–Trinajstić information content (AvgIpc) is 2.55. The van der Waals surface area contributed by atoms with Gasteiger partial charge in [0.25, 0.3) is 5.91 Å². The number of anilines is 1. The van der Waals surface area contributed by atoms with Crippen molar-refractivity contribution in [1.29, 1.82) is 0 Å². The van der Waals surface area contributed by atoms with E-state index in [1.54, 1.807) is 30.3 Å². The Bertz CT molecular complexity index is 864. The van der Waals surface area contributed by atoms with Crippen molar-refractivity contribution in [3.8, 4) is 5.75 Å². The predicted molar refractivity (Wildman–Crippen MR) is 90.5 cm³/mol. The number of rotatable bonds is 5. The van der Waals surface area contributed by atoms with E-state index >= 15 is 0 Å². The van der Waals surface area contributed by atoms with Crippen LogP contribution in [0.1, 0.15) is 12.0 Å². The number of fused-ring (bicyclic) bond motifs is 1. The van der Waals surface area contributed by atoms with Gasteiger partial charge in [-0.2, -0.15) is 0 Å². The zero-order valence-electron chi connectivity index (χ0n) is 13.2. The summed E-state index contributed by atoms with van der Waals surface area (Å²) in [6.45, 7) is 1.94. The zero-order chi connectivity index (χ0) is 17.2. The first kappa shape index (κ1) is 16.5. The van der Waals surface area contributed by atoms with Gasteiger partial charge in [-0.3, -0.25) is 4.79 Å². The van der Waals surface area contributed by atoms with Gasteiger partial charge in [0, 0.05) is 13.0 Å².